The van der Waals surface area contributed by atoms with Crippen LogP contribution in [0.25, 0.3) is 11.3 Å². The molecule has 0 saturated carbocycles. The lowest BCUT2D eigenvalue weighted by Crippen LogP contribution is -2.05. The summed E-state index contributed by atoms with van der Waals surface area (Å²) in [6.07, 6.45) is 0. The molecular formula is C14H15NO4S. The Morgan fingerprint density at radius 3 is 2.65 bits per heavy atom. The summed E-state index contributed by atoms with van der Waals surface area (Å²) in [5.41, 5.74) is 1.84. The minimum atomic E-state index is -0.369. The number of hydrogen-bond donors (Lipinski definition) is 0. The Balaban J connectivity index is 2.42. The zero-order valence-corrected chi connectivity index (χ0v) is 12.3. The maximum Gasteiger partial charge on any atom is 0.341 e. The highest BCUT2D eigenvalue weighted by Gasteiger charge is 2.18. The molecule has 1 heterocycles. The van der Waals surface area contributed by atoms with Gasteiger partial charge in [-0.15, -0.1) is 0 Å². The van der Waals surface area contributed by atoms with Gasteiger partial charge in [-0.1, -0.05) is 0 Å². The molecule has 106 valence electrons. The zero-order valence-electron chi connectivity index (χ0n) is 11.5. The van der Waals surface area contributed by atoms with Gasteiger partial charge in [0.1, 0.15) is 0 Å². The molecule has 0 fully saturated rings. The minimum Gasteiger partial charge on any atom is -0.493 e. The van der Waals surface area contributed by atoms with Crippen LogP contribution in [0.5, 0.6) is 11.5 Å². The van der Waals surface area contributed by atoms with Crippen molar-refractivity contribution in [2.45, 2.75) is 6.92 Å². The van der Waals surface area contributed by atoms with Crippen LogP contribution in [0.15, 0.2) is 23.6 Å². The summed E-state index contributed by atoms with van der Waals surface area (Å²) in [7, 11) is 3.14. The van der Waals surface area contributed by atoms with E-state index in [1.54, 1.807) is 38.7 Å². The zero-order chi connectivity index (χ0) is 14.5. The molecule has 0 atom stereocenters. The Morgan fingerprint density at radius 2 is 2.00 bits per heavy atom. The Bertz CT molecular complexity index is 609. The summed E-state index contributed by atoms with van der Waals surface area (Å²) in [6.45, 7) is 2.10. The van der Waals surface area contributed by atoms with Crippen LogP contribution in [0.1, 0.15) is 17.3 Å². The van der Waals surface area contributed by atoms with E-state index in [0.29, 0.717) is 29.4 Å². The van der Waals surface area contributed by atoms with E-state index < -0.39 is 0 Å². The quantitative estimate of drug-likeness (QED) is 0.793. The predicted molar refractivity (Wildman–Crippen MR) is 76.6 cm³/mol. The van der Waals surface area contributed by atoms with E-state index in [4.69, 9.17) is 14.2 Å². The van der Waals surface area contributed by atoms with Crippen molar-refractivity contribution in [2.24, 2.45) is 0 Å². The summed E-state index contributed by atoms with van der Waals surface area (Å²) in [5, 5.41) is 1.68. The molecule has 0 saturated heterocycles. The normalized spacial score (nSPS) is 10.2. The number of aromatic nitrogens is 1. The highest BCUT2D eigenvalue weighted by molar-refractivity contribution is 7.04. The average molecular weight is 293 g/mol. The van der Waals surface area contributed by atoms with E-state index in [0.717, 1.165) is 5.56 Å². The molecule has 6 heteroatoms. The van der Waals surface area contributed by atoms with Gasteiger partial charge in [0.15, 0.2) is 11.5 Å². The number of methoxy groups -OCH3 is 2. The van der Waals surface area contributed by atoms with E-state index in [-0.39, 0.29) is 5.97 Å². The number of rotatable bonds is 5. The minimum absolute atomic E-state index is 0.333. The number of ether oxygens (including phenoxy) is 3. The largest absolute Gasteiger partial charge is 0.493 e. The van der Waals surface area contributed by atoms with Crippen LogP contribution >= 0.6 is 11.5 Å². The molecule has 0 spiro atoms. The fourth-order valence-electron chi connectivity index (χ4n) is 1.78. The van der Waals surface area contributed by atoms with Gasteiger partial charge >= 0.3 is 5.97 Å². The molecule has 0 aliphatic heterocycles. The van der Waals surface area contributed by atoms with Gasteiger partial charge in [-0.3, -0.25) is 0 Å². The van der Waals surface area contributed by atoms with E-state index in [1.165, 1.54) is 11.5 Å². The second-order valence-corrected chi connectivity index (χ2v) is 4.50. The second kappa shape index (κ2) is 6.38. The van der Waals surface area contributed by atoms with Crippen molar-refractivity contribution in [1.29, 1.82) is 0 Å². The van der Waals surface area contributed by atoms with Crippen LogP contribution in [0, 0.1) is 0 Å². The van der Waals surface area contributed by atoms with Crippen LogP contribution in [0.4, 0.5) is 0 Å². The number of esters is 1. The lowest BCUT2D eigenvalue weighted by molar-refractivity contribution is 0.0527. The maximum absolute atomic E-state index is 11.9. The second-order valence-electron chi connectivity index (χ2n) is 3.87. The summed E-state index contributed by atoms with van der Waals surface area (Å²) < 4.78 is 19.7. The molecule has 2 aromatic rings. The molecule has 1 aromatic carbocycles. The molecule has 0 aliphatic carbocycles. The molecule has 20 heavy (non-hydrogen) atoms. The van der Waals surface area contributed by atoms with Gasteiger partial charge in [-0.2, -0.15) is 4.37 Å². The third-order valence-electron chi connectivity index (χ3n) is 2.72. The Morgan fingerprint density at radius 1 is 1.25 bits per heavy atom. The van der Waals surface area contributed by atoms with Crippen molar-refractivity contribution >= 4 is 17.5 Å². The van der Waals surface area contributed by atoms with E-state index >= 15 is 0 Å². The molecule has 0 amide bonds. The molecule has 0 aliphatic rings. The van der Waals surface area contributed by atoms with Crippen LogP contribution < -0.4 is 9.47 Å². The topological polar surface area (TPSA) is 57.7 Å². The standard InChI is InChI=1S/C14H15NO4S/c1-4-19-14(16)10-8-20-15-13(10)9-5-6-11(17-2)12(7-9)18-3/h5-8H,4H2,1-3H3. The third-order valence-corrected chi connectivity index (χ3v) is 3.35. The first-order valence-corrected chi connectivity index (χ1v) is 6.88. The number of benzene rings is 1. The van der Waals surface area contributed by atoms with Crippen molar-refractivity contribution in [1.82, 2.24) is 4.37 Å². The van der Waals surface area contributed by atoms with E-state index in [9.17, 15) is 4.79 Å². The first-order valence-electron chi connectivity index (χ1n) is 6.05. The summed E-state index contributed by atoms with van der Waals surface area (Å²) in [6, 6.07) is 5.40. The molecular weight excluding hydrogens is 278 g/mol. The molecule has 0 radical (unpaired) electrons. The summed E-state index contributed by atoms with van der Waals surface area (Å²) in [4.78, 5) is 11.9. The van der Waals surface area contributed by atoms with Gasteiger partial charge in [-0.05, 0) is 36.7 Å². The summed E-state index contributed by atoms with van der Waals surface area (Å²) >= 11 is 1.22. The number of carbonyl (C=O) groups is 1. The smallest absolute Gasteiger partial charge is 0.341 e. The number of nitrogens with zero attached hydrogens (tertiary/aromatic N) is 1. The maximum atomic E-state index is 11.9. The van der Waals surface area contributed by atoms with Gasteiger partial charge in [0.05, 0.1) is 32.1 Å². The monoisotopic (exact) mass is 293 g/mol. The molecule has 5 nitrogen and oxygen atoms in total. The van der Waals surface area contributed by atoms with E-state index in [2.05, 4.69) is 4.37 Å². The van der Waals surface area contributed by atoms with Crippen molar-refractivity contribution < 1.29 is 19.0 Å². The Kier molecular flexibility index (Phi) is 4.57. The summed E-state index contributed by atoms with van der Waals surface area (Å²) in [5.74, 6) is 0.850. The highest BCUT2D eigenvalue weighted by atomic mass is 32.1. The number of carbonyl (C=O) groups excluding carboxylic acids is 1. The van der Waals surface area contributed by atoms with Crippen molar-refractivity contribution in [2.75, 3.05) is 20.8 Å². The van der Waals surface area contributed by atoms with Crippen molar-refractivity contribution in [3.63, 3.8) is 0 Å². The SMILES string of the molecule is CCOC(=O)c1csnc1-c1ccc(OC)c(OC)c1. The first-order chi connectivity index (χ1) is 9.71. The molecule has 0 bridgehead atoms. The van der Waals surface area contributed by atoms with Crippen LogP contribution in [0.3, 0.4) is 0 Å². The highest BCUT2D eigenvalue weighted by Crippen LogP contribution is 2.33. The molecule has 0 unspecified atom stereocenters. The molecule has 2 rings (SSSR count). The lowest BCUT2D eigenvalue weighted by Gasteiger charge is -2.09. The fourth-order valence-corrected chi connectivity index (χ4v) is 2.46. The van der Waals surface area contributed by atoms with Gasteiger partial charge in [0.2, 0.25) is 0 Å². The lowest BCUT2D eigenvalue weighted by atomic mass is 10.1. The van der Waals surface area contributed by atoms with Gasteiger partial charge in [-0.25, -0.2) is 4.79 Å². The fraction of sp³-hybridized carbons (Fsp3) is 0.286. The number of hydrogen-bond acceptors (Lipinski definition) is 6. The average Bonchev–Trinajstić information content (AvgIpc) is 2.96. The molecule has 1 aromatic heterocycles. The van der Waals surface area contributed by atoms with E-state index in [1.807, 2.05) is 6.07 Å². The first kappa shape index (κ1) is 14.3. The predicted octanol–water partition coefficient (Wildman–Crippen LogP) is 3.00. The third kappa shape index (κ3) is 2.75. The van der Waals surface area contributed by atoms with Crippen LogP contribution in [-0.2, 0) is 4.74 Å². The van der Waals surface area contributed by atoms with Crippen molar-refractivity contribution in [3.8, 4) is 22.8 Å². The van der Waals surface area contributed by atoms with Gasteiger partial charge in [0.25, 0.3) is 0 Å². The van der Waals surface area contributed by atoms with Crippen LogP contribution in [-0.4, -0.2) is 31.2 Å². The Hall–Kier alpha value is -2.08. The van der Waals surface area contributed by atoms with Crippen LogP contribution in [0.2, 0.25) is 0 Å². The molecule has 0 N–H and O–H groups in total. The van der Waals surface area contributed by atoms with Gasteiger partial charge in [0, 0.05) is 10.9 Å². The van der Waals surface area contributed by atoms with Crippen molar-refractivity contribution in [3.05, 3.63) is 29.1 Å². The van der Waals surface area contributed by atoms with Gasteiger partial charge < -0.3 is 14.2 Å². The Labute approximate surface area is 121 Å².